The highest BCUT2D eigenvalue weighted by Crippen LogP contribution is 2.49. The summed E-state index contributed by atoms with van der Waals surface area (Å²) in [5.41, 5.74) is -0.642. The fraction of sp³-hybridized carbons (Fsp3) is 0.526. The second-order valence-corrected chi connectivity index (χ2v) is 7.63. The Morgan fingerprint density at radius 3 is 2.69 bits per heavy atom. The van der Waals surface area contributed by atoms with Crippen molar-refractivity contribution in [2.45, 2.75) is 25.7 Å². The van der Waals surface area contributed by atoms with Crippen LogP contribution in [0.25, 0.3) is 0 Å². The van der Waals surface area contributed by atoms with Gasteiger partial charge in [-0.05, 0) is 30.9 Å². The number of hydrogen-bond acceptors (Lipinski definition) is 3. The number of nitrogens with zero attached hydrogens (tertiary/aromatic N) is 2. The summed E-state index contributed by atoms with van der Waals surface area (Å²) in [6.45, 7) is 0.797. The molecule has 138 valence electrons. The van der Waals surface area contributed by atoms with Gasteiger partial charge in [-0.2, -0.15) is 0 Å². The minimum absolute atomic E-state index is 0.0104. The minimum Gasteiger partial charge on any atom is -0.481 e. The second-order valence-electron chi connectivity index (χ2n) is 7.63. The predicted molar refractivity (Wildman–Crippen MR) is 90.8 cm³/mol. The lowest BCUT2D eigenvalue weighted by molar-refractivity contribution is -0.149. The van der Waals surface area contributed by atoms with Gasteiger partial charge >= 0.3 is 5.97 Å². The van der Waals surface area contributed by atoms with E-state index < -0.39 is 23.1 Å². The smallest absolute Gasteiger partial charge is 0.311 e. The molecule has 7 heteroatoms. The van der Waals surface area contributed by atoms with Crippen molar-refractivity contribution in [2.24, 2.45) is 17.3 Å². The number of carboxylic acids is 1. The van der Waals surface area contributed by atoms with Gasteiger partial charge in [0, 0.05) is 26.1 Å². The normalized spacial score (nSPS) is 30.7. The van der Waals surface area contributed by atoms with Gasteiger partial charge < -0.3 is 14.9 Å². The number of carbonyl (C=O) groups excluding carboxylic acids is 2. The first-order chi connectivity index (χ1) is 12.4. The van der Waals surface area contributed by atoms with Crippen LogP contribution in [0.5, 0.6) is 0 Å². The van der Waals surface area contributed by atoms with Crippen LogP contribution in [0.2, 0.25) is 0 Å². The van der Waals surface area contributed by atoms with Crippen molar-refractivity contribution in [3.63, 3.8) is 0 Å². The zero-order valence-corrected chi connectivity index (χ0v) is 14.4. The van der Waals surface area contributed by atoms with Gasteiger partial charge in [-0.15, -0.1) is 0 Å². The molecule has 1 saturated carbocycles. The van der Waals surface area contributed by atoms with Gasteiger partial charge in [0.15, 0.2) is 0 Å². The molecule has 0 bridgehead atoms. The molecular weight excluding hydrogens is 339 g/mol. The summed E-state index contributed by atoms with van der Waals surface area (Å²) in [6, 6.07) is 6.02. The van der Waals surface area contributed by atoms with E-state index in [1.165, 1.54) is 17.0 Å². The average molecular weight is 360 g/mol. The van der Waals surface area contributed by atoms with Crippen LogP contribution >= 0.6 is 0 Å². The van der Waals surface area contributed by atoms with E-state index in [1.807, 2.05) is 0 Å². The summed E-state index contributed by atoms with van der Waals surface area (Å²) in [5.74, 6) is -2.34. The number of para-hydroxylation sites is 1. The van der Waals surface area contributed by atoms with Crippen LogP contribution in [0.1, 0.15) is 25.7 Å². The molecule has 2 saturated heterocycles. The molecule has 2 heterocycles. The highest BCUT2D eigenvalue weighted by Gasteiger charge is 2.56. The monoisotopic (exact) mass is 360 g/mol. The molecule has 4 rings (SSSR count). The summed E-state index contributed by atoms with van der Waals surface area (Å²) >= 11 is 0. The number of hydrogen-bond donors (Lipinski definition) is 1. The third-order valence-electron chi connectivity index (χ3n) is 6.23. The molecule has 1 N–H and O–H groups in total. The van der Waals surface area contributed by atoms with E-state index in [2.05, 4.69) is 0 Å². The Morgan fingerprint density at radius 2 is 2.00 bits per heavy atom. The maximum Gasteiger partial charge on any atom is 0.311 e. The van der Waals surface area contributed by atoms with Gasteiger partial charge in [-0.1, -0.05) is 18.6 Å². The maximum absolute atomic E-state index is 14.0. The third kappa shape index (κ3) is 2.48. The first-order valence-corrected chi connectivity index (χ1v) is 8.99. The van der Waals surface area contributed by atoms with Crippen molar-refractivity contribution in [2.75, 3.05) is 24.5 Å². The number of amides is 2. The summed E-state index contributed by atoms with van der Waals surface area (Å²) in [4.78, 5) is 39.9. The van der Waals surface area contributed by atoms with Gasteiger partial charge in [0.2, 0.25) is 11.8 Å². The summed E-state index contributed by atoms with van der Waals surface area (Å²) in [7, 11) is 0. The number of aliphatic carboxylic acids is 1. The van der Waals surface area contributed by atoms with E-state index in [1.54, 1.807) is 17.0 Å². The Morgan fingerprint density at radius 1 is 1.23 bits per heavy atom. The number of carboxylic acid groups (broad SMARTS) is 1. The molecule has 0 radical (unpaired) electrons. The number of carbonyl (C=O) groups is 3. The number of anilines is 1. The Labute approximate surface area is 150 Å². The Hall–Kier alpha value is -2.44. The van der Waals surface area contributed by atoms with Gasteiger partial charge in [0.05, 0.1) is 17.0 Å². The Bertz CT molecular complexity index is 783. The van der Waals surface area contributed by atoms with Gasteiger partial charge in [-0.3, -0.25) is 14.4 Å². The number of benzene rings is 1. The predicted octanol–water partition coefficient (Wildman–Crippen LogP) is 1.89. The zero-order valence-electron chi connectivity index (χ0n) is 14.4. The lowest BCUT2D eigenvalue weighted by Gasteiger charge is -2.24. The molecule has 1 aromatic carbocycles. The van der Waals surface area contributed by atoms with Crippen molar-refractivity contribution in [3.05, 3.63) is 30.1 Å². The zero-order chi connectivity index (χ0) is 18.5. The summed E-state index contributed by atoms with van der Waals surface area (Å²) < 4.78 is 14.0. The van der Waals surface area contributed by atoms with E-state index >= 15 is 0 Å². The Kier molecular flexibility index (Phi) is 3.97. The number of rotatable bonds is 3. The van der Waals surface area contributed by atoms with Crippen LogP contribution in [-0.2, 0) is 14.4 Å². The lowest BCUT2D eigenvalue weighted by atomic mass is 9.81. The van der Waals surface area contributed by atoms with E-state index in [0.29, 0.717) is 13.0 Å². The number of likely N-dealkylation sites (tertiary alicyclic amines) is 1. The first-order valence-electron chi connectivity index (χ1n) is 8.99. The fourth-order valence-corrected chi connectivity index (χ4v) is 4.84. The van der Waals surface area contributed by atoms with Crippen molar-refractivity contribution >= 4 is 23.5 Å². The van der Waals surface area contributed by atoms with Gasteiger partial charge in [-0.25, -0.2) is 4.39 Å². The van der Waals surface area contributed by atoms with Crippen LogP contribution in [-0.4, -0.2) is 47.4 Å². The highest BCUT2D eigenvalue weighted by atomic mass is 19.1. The standard InChI is InChI=1S/C19H21FN2O4/c20-14-5-1-2-6-15(14)22-9-12(8-16(22)23)17(24)21-10-13-4-3-7-19(13,11-21)18(25)26/h1-2,5-6,12-13H,3-4,7-11H2,(H,25,26)/t12?,13-,19+/m0/s1. The molecule has 3 aliphatic rings. The van der Waals surface area contributed by atoms with Gasteiger partial charge in [0.1, 0.15) is 5.82 Å². The van der Waals surface area contributed by atoms with Gasteiger partial charge in [0.25, 0.3) is 0 Å². The van der Waals surface area contributed by atoms with E-state index in [0.717, 1.165) is 12.8 Å². The first kappa shape index (κ1) is 17.0. The van der Waals surface area contributed by atoms with Crippen molar-refractivity contribution < 1.29 is 23.9 Å². The molecule has 0 aromatic heterocycles. The third-order valence-corrected chi connectivity index (χ3v) is 6.23. The average Bonchev–Trinajstić information content (AvgIpc) is 3.27. The molecule has 1 aliphatic carbocycles. The second kappa shape index (κ2) is 6.07. The van der Waals surface area contributed by atoms with E-state index in [9.17, 15) is 23.9 Å². The maximum atomic E-state index is 14.0. The van der Waals surface area contributed by atoms with E-state index in [4.69, 9.17) is 0 Å². The summed E-state index contributed by atoms with van der Waals surface area (Å²) in [5, 5.41) is 9.66. The summed E-state index contributed by atoms with van der Waals surface area (Å²) in [6.07, 6.45) is 2.33. The molecular formula is C19H21FN2O4. The quantitative estimate of drug-likeness (QED) is 0.893. The molecule has 1 aromatic rings. The topological polar surface area (TPSA) is 77.9 Å². The largest absolute Gasteiger partial charge is 0.481 e. The fourth-order valence-electron chi connectivity index (χ4n) is 4.84. The molecule has 0 spiro atoms. The molecule has 3 atom stereocenters. The minimum atomic E-state index is -0.830. The van der Waals surface area contributed by atoms with Crippen molar-refractivity contribution in [3.8, 4) is 0 Å². The molecule has 1 unspecified atom stereocenters. The highest BCUT2D eigenvalue weighted by molar-refractivity contribution is 6.00. The van der Waals surface area contributed by atoms with Crippen molar-refractivity contribution in [1.82, 2.24) is 4.90 Å². The molecule has 6 nitrogen and oxygen atoms in total. The number of fused-ring (bicyclic) bond motifs is 1. The molecule has 3 fully saturated rings. The Balaban J connectivity index is 1.49. The molecule has 2 aliphatic heterocycles. The SMILES string of the molecule is O=C(C1CC(=O)N(c2ccccc2F)C1)N1C[C@@H]2CCC[C@@]2(C(=O)O)C1. The van der Waals surface area contributed by atoms with E-state index in [-0.39, 0.29) is 42.9 Å². The van der Waals surface area contributed by atoms with Crippen LogP contribution in [0.3, 0.4) is 0 Å². The van der Waals surface area contributed by atoms with Crippen molar-refractivity contribution in [1.29, 1.82) is 0 Å². The number of halogens is 1. The van der Waals surface area contributed by atoms with Crippen LogP contribution in [0.4, 0.5) is 10.1 Å². The molecule has 2 amide bonds. The lowest BCUT2D eigenvalue weighted by Crippen LogP contribution is -2.40. The van der Waals surface area contributed by atoms with Crippen LogP contribution < -0.4 is 4.90 Å². The van der Waals surface area contributed by atoms with Crippen LogP contribution in [0, 0.1) is 23.1 Å². The van der Waals surface area contributed by atoms with Crippen LogP contribution in [0.15, 0.2) is 24.3 Å². The molecule has 26 heavy (non-hydrogen) atoms.